The molecule has 3 nitrogen and oxygen atoms in total. The normalized spacial score (nSPS) is 22.9. The van der Waals surface area contributed by atoms with Crippen molar-refractivity contribution in [3.63, 3.8) is 0 Å². The minimum Gasteiger partial charge on any atom is -0.368 e. The van der Waals surface area contributed by atoms with Crippen molar-refractivity contribution in [1.82, 2.24) is 9.88 Å². The fraction of sp³-hybridized carbons (Fsp3) is 0.727. The van der Waals surface area contributed by atoms with E-state index in [1.807, 2.05) is 5.38 Å². The lowest BCUT2D eigenvalue weighted by molar-refractivity contribution is -0.0403. The number of halogens is 1. The minimum atomic E-state index is 0.123. The Kier molecular flexibility index (Phi) is 4.19. The first kappa shape index (κ1) is 12.3. The van der Waals surface area contributed by atoms with Gasteiger partial charge in [0.05, 0.1) is 18.2 Å². The molecule has 2 rings (SSSR count). The Labute approximate surface area is 105 Å². The zero-order valence-electron chi connectivity index (χ0n) is 9.65. The van der Waals surface area contributed by atoms with E-state index in [9.17, 15) is 0 Å². The lowest BCUT2D eigenvalue weighted by Gasteiger charge is -2.34. The van der Waals surface area contributed by atoms with Crippen LogP contribution in [0.15, 0.2) is 5.38 Å². The molecule has 0 aliphatic carbocycles. The summed E-state index contributed by atoms with van der Waals surface area (Å²) < 4.78 is 5.77. The van der Waals surface area contributed by atoms with Crippen LogP contribution in [0.1, 0.15) is 30.7 Å². The molecule has 90 valence electrons. The summed E-state index contributed by atoms with van der Waals surface area (Å²) in [6.45, 7) is 7.18. The topological polar surface area (TPSA) is 25.4 Å². The smallest absolute Gasteiger partial charge is 0.123 e. The van der Waals surface area contributed by atoms with E-state index >= 15 is 0 Å². The Hall–Kier alpha value is -0.160. The van der Waals surface area contributed by atoms with Crippen molar-refractivity contribution >= 4 is 22.9 Å². The molecule has 1 fully saturated rings. The zero-order valence-corrected chi connectivity index (χ0v) is 11.2. The molecule has 0 amide bonds. The highest BCUT2D eigenvalue weighted by molar-refractivity contribution is 7.09. The number of rotatable bonds is 3. The number of alkyl halides is 1. The fourth-order valence-corrected chi connectivity index (χ4v) is 2.91. The molecule has 0 radical (unpaired) electrons. The van der Waals surface area contributed by atoms with Crippen LogP contribution in [0.5, 0.6) is 0 Å². The molecular weight excluding hydrogens is 244 g/mol. The molecule has 1 aromatic heterocycles. The maximum Gasteiger partial charge on any atom is 0.123 e. The Morgan fingerprint density at radius 3 is 3.12 bits per heavy atom. The molecule has 1 aliphatic heterocycles. The monoisotopic (exact) mass is 260 g/mol. The Balaban J connectivity index is 2.03. The van der Waals surface area contributed by atoms with E-state index in [-0.39, 0.29) is 6.10 Å². The molecule has 0 saturated carbocycles. The average molecular weight is 261 g/mol. The maximum absolute atomic E-state index is 5.77. The van der Waals surface area contributed by atoms with Crippen LogP contribution < -0.4 is 0 Å². The van der Waals surface area contributed by atoms with Gasteiger partial charge in [0.25, 0.3) is 0 Å². The molecular formula is C11H17ClN2OS. The first-order valence-corrected chi connectivity index (χ1v) is 6.98. The second kappa shape index (κ2) is 5.45. The number of thiazole rings is 1. The Bertz CT molecular complexity index is 342. The third-order valence-corrected chi connectivity index (χ3v) is 4.07. The van der Waals surface area contributed by atoms with Crippen LogP contribution in [0.2, 0.25) is 0 Å². The highest BCUT2D eigenvalue weighted by atomic mass is 35.5. The summed E-state index contributed by atoms with van der Waals surface area (Å²) in [5, 5.41) is 3.07. The van der Waals surface area contributed by atoms with Gasteiger partial charge in [-0.25, -0.2) is 4.98 Å². The molecule has 5 heteroatoms. The van der Waals surface area contributed by atoms with Crippen LogP contribution in [-0.2, 0) is 10.6 Å². The summed E-state index contributed by atoms with van der Waals surface area (Å²) in [5.41, 5.74) is 0.951. The molecule has 1 saturated heterocycles. The van der Waals surface area contributed by atoms with Gasteiger partial charge in [0.1, 0.15) is 11.1 Å². The lowest BCUT2D eigenvalue weighted by Crippen LogP contribution is -2.42. The number of hydrogen-bond acceptors (Lipinski definition) is 4. The van der Waals surface area contributed by atoms with E-state index in [1.54, 1.807) is 11.3 Å². The summed E-state index contributed by atoms with van der Waals surface area (Å²) >= 11 is 7.40. The lowest BCUT2D eigenvalue weighted by atomic mass is 10.2. The van der Waals surface area contributed by atoms with E-state index < -0.39 is 0 Å². The minimum absolute atomic E-state index is 0.123. The third-order valence-electron chi connectivity index (χ3n) is 2.81. The zero-order chi connectivity index (χ0) is 11.5. The highest BCUT2D eigenvalue weighted by Gasteiger charge is 2.25. The van der Waals surface area contributed by atoms with Crippen molar-refractivity contribution in [3.8, 4) is 0 Å². The molecule has 2 heterocycles. The van der Waals surface area contributed by atoms with Gasteiger partial charge in [0, 0.05) is 24.5 Å². The van der Waals surface area contributed by atoms with Crippen molar-refractivity contribution < 1.29 is 4.74 Å². The largest absolute Gasteiger partial charge is 0.368 e. The molecule has 0 bridgehead atoms. The summed E-state index contributed by atoms with van der Waals surface area (Å²) in [4.78, 5) is 6.91. The SMILES string of the molecule is CC(C)N1CCOC(c2nc(CCl)cs2)C1. The first-order chi connectivity index (χ1) is 7.70. The summed E-state index contributed by atoms with van der Waals surface area (Å²) in [6.07, 6.45) is 0.123. The van der Waals surface area contributed by atoms with Crippen molar-refractivity contribution in [2.24, 2.45) is 0 Å². The highest BCUT2D eigenvalue weighted by Crippen LogP contribution is 2.26. The van der Waals surface area contributed by atoms with Gasteiger partial charge in [0.2, 0.25) is 0 Å². The molecule has 1 aromatic rings. The predicted molar refractivity (Wildman–Crippen MR) is 67.1 cm³/mol. The first-order valence-electron chi connectivity index (χ1n) is 5.56. The van der Waals surface area contributed by atoms with Crippen molar-refractivity contribution in [1.29, 1.82) is 0 Å². The second-order valence-electron chi connectivity index (χ2n) is 4.26. The van der Waals surface area contributed by atoms with Crippen LogP contribution in [0, 0.1) is 0 Å². The van der Waals surface area contributed by atoms with Gasteiger partial charge in [0.15, 0.2) is 0 Å². The standard InChI is InChI=1S/C11H17ClN2OS/c1-8(2)14-3-4-15-10(6-14)11-13-9(5-12)7-16-11/h7-8,10H,3-6H2,1-2H3. The third kappa shape index (κ3) is 2.74. The maximum atomic E-state index is 5.77. The summed E-state index contributed by atoms with van der Waals surface area (Å²) in [6, 6.07) is 0.568. The Morgan fingerprint density at radius 1 is 1.69 bits per heavy atom. The van der Waals surface area contributed by atoms with Crippen LogP contribution in [0.25, 0.3) is 0 Å². The molecule has 1 atom stereocenters. The number of aromatic nitrogens is 1. The van der Waals surface area contributed by atoms with Gasteiger partial charge in [-0.3, -0.25) is 4.90 Å². The molecule has 0 aromatic carbocycles. The molecule has 1 unspecified atom stereocenters. The second-order valence-corrected chi connectivity index (χ2v) is 5.42. The molecule has 16 heavy (non-hydrogen) atoms. The van der Waals surface area contributed by atoms with Crippen molar-refractivity contribution in [3.05, 3.63) is 16.1 Å². The van der Waals surface area contributed by atoms with Gasteiger partial charge < -0.3 is 4.74 Å². The van der Waals surface area contributed by atoms with E-state index in [4.69, 9.17) is 16.3 Å². The van der Waals surface area contributed by atoms with E-state index in [0.717, 1.165) is 30.4 Å². The number of nitrogens with zero attached hydrogens (tertiary/aromatic N) is 2. The van der Waals surface area contributed by atoms with Gasteiger partial charge in [-0.1, -0.05) is 0 Å². The van der Waals surface area contributed by atoms with E-state index in [0.29, 0.717) is 11.9 Å². The van der Waals surface area contributed by atoms with Crippen LogP contribution in [-0.4, -0.2) is 35.6 Å². The van der Waals surface area contributed by atoms with Crippen LogP contribution >= 0.6 is 22.9 Å². The van der Waals surface area contributed by atoms with Gasteiger partial charge in [-0.15, -0.1) is 22.9 Å². The molecule has 0 spiro atoms. The Morgan fingerprint density at radius 2 is 2.50 bits per heavy atom. The van der Waals surface area contributed by atoms with E-state index in [2.05, 4.69) is 23.7 Å². The van der Waals surface area contributed by atoms with Gasteiger partial charge >= 0.3 is 0 Å². The quantitative estimate of drug-likeness (QED) is 0.782. The number of hydrogen-bond donors (Lipinski definition) is 0. The summed E-state index contributed by atoms with van der Waals surface area (Å²) in [7, 11) is 0. The van der Waals surface area contributed by atoms with Crippen LogP contribution in [0.3, 0.4) is 0 Å². The predicted octanol–water partition coefficient (Wildman–Crippen LogP) is 2.66. The van der Waals surface area contributed by atoms with Crippen LogP contribution in [0.4, 0.5) is 0 Å². The average Bonchev–Trinajstić information content (AvgIpc) is 2.77. The van der Waals surface area contributed by atoms with Crippen molar-refractivity contribution in [2.45, 2.75) is 31.9 Å². The molecule has 0 N–H and O–H groups in total. The summed E-state index contributed by atoms with van der Waals surface area (Å²) in [5.74, 6) is 0.483. The number of morpholine rings is 1. The number of ether oxygens (including phenoxy) is 1. The fourth-order valence-electron chi connectivity index (χ4n) is 1.82. The van der Waals surface area contributed by atoms with Gasteiger partial charge in [-0.2, -0.15) is 0 Å². The van der Waals surface area contributed by atoms with Crippen molar-refractivity contribution in [2.75, 3.05) is 19.7 Å². The van der Waals surface area contributed by atoms with E-state index in [1.165, 1.54) is 0 Å². The molecule has 1 aliphatic rings. The van der Waals surface area contributed by atoms with Gasteiger partial charge in [-0.05, 0) is 13.8 Å².